The van der Waals surface area contributed by atoms with Gasteiger partial charge in [-0.1, -0.05) is 48.5 Å². The summed E-state index contributed by atoms with van der Waals surface area (Å²) in [5.41, 5.74) is 0.921. The van der Waals surface area contributed by atoms with Gasteiger partial charge < -0.3 is 5.11 Å². The smallest absolute Gasteiger partial charge is 0.214 e. The molecule has 136 valence electrons. The summed E-state index contributed by atoms with van der Waals surface area (Å²) in [6, 6.07) is 19.0. The summed E-state index contributed by atoms with van der Waals surface area (Å²) in [5.74, 6) is 0.833. The van der Waals surface area contributed by atoms with E-state index in [1.165, 1.54) is 4.31 Å². The van der Waals surface area contributed by atoms with Gasteiger partial charge in [0.05, 0.1) is 12.4 Å². The van der Waals surface area contributed by atoms with Crippen LogP contribution in [0, 0.1) is 0 Å². The SMILES string of the molecule is C[C@H](CO)N(Cc1ccccc1)S(=O)(=O)CCCSc1ccccc1. The predicted molar refractivity (Wildman–Crippen MR) is 104 cm³/mol. The lowest BCUT2D eigenvalue weighted by molar-refractivity contribution is 0.194. The summed E-state index contributed by atoms with van der Waals surface area (Å²) in [4.78, 5) is 1.14. The minimum atomic E-state index is -3.43. The molecule has 0 spiro atoms. The number of sulfonamides is 1. The summed E-state index contributed by atoms with van der Waals surface area (Å²) in [5, 5.41) is 9.46. The van der Waals surface area contributed by atoms with Crippen molar-refractivity contribution in [1.29, 1.82) is 0 Å². The number of nitrogens with zero attached hydrogens (tertiary/aromatic N) is 1. The van der Waals surface area contributed by atoms with E-state index in [9.17, 15) is 13.5 Å². The molecule has 0 saturated carbocycles. The van der Waals surface area contributed by atoms with E-state index in [-0.39, 0.29) is 18.9 Å². The van der Waals surface area contributed by atoms with Gasteiger partial charge in [-0.05, 0) is 36.8 Å². The monoisotopic (exact) mass is 379 g/mol. The number of aliphatic hydroxyl groups is 1. The van der Waals surface area contributed by atoms with Crippen molar-refractivity contribution in [2.75, 3.05) is 18.1 Å². The summed E-state index contributed by atoms with van der Waals surface area (Å²) < 4.78 is 26.9. The molecule has 1 N–H and O–H groups in total. The maximum atomic E-state index is 12.8. The lowest BCUT2D eigenvalue weighted by atomic mass is 10.2. The zero-order chi connectivity index (χ0) is 18.1. The molecule has 0 heterocycles. The number of hydrogen-bond acceptors (Lipinski definition) is 4. The van der Waals surface area contributed by atoms with E-state index in [1.807, 2.05) is 60.7 Å². The second-order valence-corrected chi connectivity index (χ2v) is 9.10. The maximum Gasteiger partial charge on any atom is 0.214 e. The van der Waals surface area contributed by atoms with Crippen LogP contribution < -0.4 is 0 Å². The maximum absolute atomic E-state index is 12.8. The van der Waals surface area contributed by atoms with E-state index in [0.29, 0.717) is 6.42 Å². The van der Waals surface area contributed by atoms with Gasteiger partial charge >= 0.3 is 0 Å². The fourth-order valence-electron chi connectivity index (χ4n) is 2.45. The molecular formula is C19H25NO3S2. The van der Waals surface area contributed by atoms with E-state index in [0.717, 1.165) is 16.2 Å². The summed E-state index contributed by atoms with van der Waals surface area (Å²) in [6.45, 7) is 1.83. The molecule has 0 amide bonds. The van der Waals surface area contributed by atoms with Crippen molar-refractivity contribution in [1.82, 2.24) is 4.31 Å². The fraction of sp³-hybridized carbons (Fsp3) is 0.368. The van der Waals surface area contributed by atoms with Crippen LogP contribution in [0.5, 0.6) is 0 Å². The molecule has 25 heavy (non-hydrogen) atoms. The Balaban J connectivity index is 1.95. The number of rotatable bonds is 10. The summed E-state index contributed by atoms with van der Waals surface area (Å²) in [6.07, 6.45) is 0.575. The van der Waals surface area contributed by atoms with Crippen LogP contribution in [0.3, 0.4) is 0 Å². The van der Waals surface area contributed by atoms with Crippen LogP contribution in [-0.2, 0) is 16.6 Å². The first-order chi connectivity index (χ1) is 12.0. The van der Waals surface area contributed by atoms with E-state index >= 15 is 0 Å². The second kappa shape index (κ2) is 9.97. The van der Waals surface area contributed by atoms with E-state index in [2.05, 4.69) is 0 Å². The Kier molecular flexibility index (Phi) is 7.96. The standard InChI is InChI=1S/C19H25NO3S2/c1-17(16-21)20(15-18-9-4-2-5-10-18)25(22,23)14-8-13-24-19-11-6-3-7-12-19/h2-7,9-12,17,21H,8,13-16H2,1H3/t17-/m1/s1. The fourth-order valence-corrected chi connectivity index (χ4v) is 5.21. The highest BCUT2D eigenvalue weighted by molar-refractivity contribution is 7.99. The molecule has 0 saturated heterocycles. The minimum absolute atomic E-state index is 0.0873. The van der Waals surface area contributed by atoms with Crippen molar-refractivity contribution in [2.45, 2.75) is 30.8 Å². The van der Waals surface area contributed by atoms with Gasteiger partial charge in [0.1, 0.15) is 0 Å². The topological polar surface area (TPSA) is 57.6 Å². The highest BCUT2D eigenvalue weighted by Gasteiger charge is 2.26. The van der Waals surface area contributed by atoms with Crippen molar-refractivity contribution in [3.8, 4) is 0 Å². The molecule has 2 aromatic rings. The van der Waals surface area contributed by atoms with Crippen molar-refractivity contribution >= 4 is 21.8 Å². The number of benzene rings is 2. The van der Waals surface area contributed by atoms with E-state index < -0.39 is 16.1 Å². The zero-order valence-corrected chi connectivity index (χ0v) is 16.0. The Morgan fingerprint density at radius 3 is 2.24 bits per heavy atom. The third kappa shape index (κ3) is 6.47. The van der Waals surface area contributed by atoms with Crippen molar-refractivity contribution in [2.24, 2.45) is 0 Å². The molecule has 0 aromatic heterocycles. The minimum Gasteiger partial charge on any atom is -0.395 e. The molecule has 0 unspecified atom stereocenters. The molecule has 0 bridgehead atoms. The highest BCUT2D eigenvalue weighted by Crippen LogP contribution is 2.20. The molecule has 2 rings (SSSR count). The van der Waals surface area contributed by atoms with Crippen LogP contribution in [0.4, 0.5) is 0 Å². The molecule has 4 nitrogen and oxygen atoms in total. The highest BCUT2D eigenvalue weighted by atomic mass is 32.2. The van der Waals surface area contributed by atoms with Crippen LogP contribution in [0.1, 0.15) is 18.9 Å². The lowest BCUT2D eigenvalue weighted by Gasteiger charge is -2.27. The Labute approximate surface area is 154 Å². The first-order valence-corrected chi connectivity index (χ1v) is 10.9. The largest absolute Gasteiger partial charge is 0.395 e. The first-order valence-electron chi connectivity index (χ1n) is 8.35. The van der Waals surface area contributed by atoms with Crippen LogP contribution in [0.2, 0.25) is 0 Å². The van der Waals surface area contributed by atoms with Crippen molar-refractivity contribution in [3.05, 3.63) is 66.2 Å². The van der Waals surface area contributed by atoms with E-state index in [4.69, 9.17) is 0 Å². The number of hydrogen-bond donors (Lipinski definition) is 1. The Hall–Kier alpha value is -1.34. The summed E-state index contributed by atoms with van der Waals surface area (Å²) >= 11 is 1.66. The Morgan fingerprint density at radius 1 is 1.04 bits per heavy atom. The molecule has 0 fully saturated rings. The van der Waals surface area contributed by atoms with Gasteiger partial charge in [-0.3, -0.25) is 0 Å². The van der Waals surface area contributed by atoms with Crippen molar-refractivity contribution in [3.63, 3.8) is 0 Å². The van der Waals surface area contributed by atoms with Gasteiger partial charge in [-0.2, -0.15) is 4.31 Å². The van der Waals surface area contributed by atoms with Crippen LogP contribution in [0.15, 0.2) is 65.6 Å². The van der Waals surface area contributed by atoms with Crippen LogP contribution in [0.25, 0.3) is 0 Å². The molecule has 2 aromatic carbocycles. The molecule has 0 aliphatic carbocycles. The van der Waals surface area contributed by atoms with Gasteiger partial charge in [0, 0.05) is 17.5 Å². The van der Waals surface area contributed by atoms with Gasteiger partial charge in [-0.15, -0.1) is 11.8 Å². The van der Waals surface area contributed by atoms with Crippen LogP contribution in [-0.4, -0.2) is 42.0 Å². The quantitative estimate of drug-likeness (QED) is 0.508. The number of aliphatic hydroxyl groups excluding tert-OH is 1. The molecule has 0 radical (unpaired) electrons. The molecule has 6 heteroatoms. The van der Waals surface area contributed by atoms with Gasteiger partial charge in [-0.25, -0.2) is 8.42 Å². The molecule has 0 aliphatic heterocycles. The van der Waals surface area contributed by atoms with Crippen LogP contribution >= 0.6 is 11.8 Å². The zero-order valence-electron chi connectivity index (χ0n) is 14.4. The summed E-state index contributed by atoms with van der Waals surface area (Å²) in [7, 11) is -3.43. The van der Waals surface area contributed by atoms with E-state index in [1.54, 1.807) is 18.7 Å². The average molecular weight is 380 g/mol. The van der Waals surface area contributed by atoms with Gasteiger partial charge in [0.15, 0.2) is 0 Å². The third-order valence-corrected chi connectivity index (χ3v) is 6.96. The molecule has 1 atom stereocenters. The predicted octanol–water partition coefficient (Wildman–Crippen LogP) is 3.38. The lowest BCUT2D eigenvalue weighted by Crippen LogP contribution is -2.41. The molecule has 0 aliphatic rings. The number of thioether (sulfide) groups is 1. The van der Waals surface area contributed by atoms with Crippen molar-refractivity contribution < 1.29 is 13.5 Å². The first kappa shape index (κ1) is 20.0. The molecular weight excluding hydrogens is 354 g/mol. The van der Waals surface area contributed by atoms with Gasteiger partial charge in [0.25, 0.3) is 0 Å². The third-order valence-electron chi connectivity index (χ3n) is 3.85. The Bertz CT molecular complexity index is 721. The normalized spacial score (nSPS) is 13.1. The van der Waals surface area contributed by atoms with Gasteiger partial charge in [0.2, 0.25) is 10.0 Å². The average Bonchev–Trinajstić information content (AvgIpc) is 2.64. The Morgan fingerprint density at radius 2 is 1.64 bits per heavy atom. The second-order valence-electron chi connectivity index (χ2n) is 5.89.